The molecule has 0 radical (unpaired) electrons. The Morgan fingerprint density at radius 2 is 2.00 bits per heavy atom. The summed E-state index contributed by atoms with van der Waals surface area (Å²) in [6, 6.07) is 2.84. The number of aliphatic hydroxyl groups excluding tert-OH is 1. The molecule has 2 rings (SSSR count). The van der Waals surface area contributed by atoms with E-state index in [0.29, 0.717) is 17.7 Å². The van der Waals surface area contributed by atoms with Gasteiger partial charge in [-0.3, -0.25) is 9.69 Å². The Labute approximate surface area is 169 Å². The smallest absolute Gasteiger partial charge is 0.241 e. The third-order valence-corrected chi connectivity index (χ3v) is 10.8. The van der Waals surface area contributed by atoms with Crippen LogP contribution in [0.4, 0.5) is 10.1 Å². The summed E-state index contributed by atoms with van der Waals surface area (Å²) >= 11 is 0. The first kappa shape index (κ1) is 23.0. The lowest BCUT2D eigenvalue weighted by molar-refractivity contribution is -0.119. The molecule has 1 aromatic carbocycles. The average molecular weight is 411 g/mol. The van der Waals surface area contributed by atoms with Crippen molar-refractivity contribution in [1.82, 2.24) is 4.90 Å². The first-order valence-electron chi connectivity index (χ1n) is 9.86. The van der Waals surface area contributed by atoms with Gasteiger partial charge in [-0.1, -0.05) is 20.8 Å². The van der Waals surface area contributed by atoms with Crippen molar-refractivity contribution in [2.75, 3.05) is 26.0 Å². The highest BCUT2D eigenvalue weighted by Crippen LogP contribution is 2.47. The van der Waals surface area contributed by atoms with Crippen molar-refractivity contribution >= 4 is 19.9 Å². The summed E-state index contributed by atoms with van der Waals surface area (Å²) in [5.41, 5.74) is 1.76. The molecule has 158 valence electrons. The normalized spacial score (nSPS) is 21.0. The number of carbonyl (C=O) groups excluding carboxylic acids is 1. The van der Waals surface area contributed by atoms with Crippen molar-refractivity contribution in [3.05, 3.63) is 29.1 Å². The maximum atomic E-state index is 14.8. The van der Waals surface area contributed by atoms with Crippen LogP contribution in [0.3, 0.4) is 0 Å². The minimum Gasteiger partial charge on any atom is -0.410 e. The predicted octanol–water partition coefficient (Wildman–Crippen LogP) is 3.94. The highest BCUT2D eigenvalue weighted by Gasteiger charge is 2.44. The van der Waals surface area contributed by atoms with Crippen LogP contribution in [0.15, 0.2) is 12.1 Å². The first-order chi connectivity index (χ1) is 12.8. The van der Waals surface area contributed by atoms with Crippen molar-refractivity contribution in [3.63, 3.8) is 0 Å². The Balaban J connectivity index is 2.38. The number of hydrogen-bond acceptors (Lipinski definition) is 4. The number of nitrogens with zero attached hydrogens (tertiary/aromatic N) is 1. The van der Waals surface area contributed by atoms with Gasteiger partial charge in [0.2, 0.25) is 5.91 Å². The molecule has 3 atom stereocenters. The molecular formula is C21H35FN2O3Si. The second kappa shape index (κ2) is 8.22. The fourth-order valence-electron chi connectivity index (χ4n) is 3.12. The van der Waals surface area contributed by atoms with Gasteiger partial charge in [0.15, 0.2) is 8.32 Å². The minimum atomic E-state index is -2.12. The number of anilines is 1. The van der Waals surface area contributed by atoms with E-state index in [4.69, 9.17) is 4.43 Å². The molecule has 3 unspecified atom stereocenters. The molecular weight excluding hydrogens is 375 g/mol. The molecule has 0 saturated heterocycles. The summed E-state index contributed by atoms with van der Waals surface area (Å²) in [6.45, 7) is 12.5. The van der Waals surface area contributed by atoms with E-state index in [1.807, 2.05) is 20.2 Å². The molecule has 7 heteroatoms. The molecule has 2 N–H and O–H groups in total. The van der Waals surface area contributed by atoms with Gasteiger partial charge in [-0.15, -0.1) is 0 Å². The highest BCUT2D eigenvalue weighted by atomic mass is 28.4. The van der Waals surface area contributed by atoms with Gasteiger partial charge in [0, 0.05) is 18.2 Å². The SMILES string of the molecule is CC(C(=O)Nc1cc(F)c2c(c1)C(O[Si](C)(C)C(C)(C)C)C(CO)C2)N(C)C. The lowest BCUT2D eigenvalue weighted by atomic mass is 10.0. The second-order valence-electron chi connectivity index (χ2n) is 9.60. The molecule has 0 heterocycles. The van der Waals surface area contributed by atoms with Crippen LogP contribution in [0.25, 0.3) is 0 Å². The lowest BCUT2D eigenvalue weighted by Crippen LogP contribution is -2.42. The fraction of sp³-hybridized carbons (Fsp3) is 0.667. The van der Waals surface area contributed by atoms with E-state index < -0.39 is 8.32 Å². The van der Waals surface area contributed by atoms with Crippen LogP contribution in [-0.2, 0) is 15.6 Å². The quantitative estimate of drug-likeness (QED) is 0.697. The molecule has 5 nitrogen and oxygen atoms in total. The number of carbonyl (C=O) groups is 1. The van der Waals surface area contributed by atoms with Crippen molar-refractivity contribution in [1.29, 1.82) is 0 Å². The Kier molecular flexibility index (Phi) is 6.75. The van der Waals surface area contributed by atoms with Crippen molar-refractivity contribution in [2.24, 2.45) is 5.92 Å². The van der Waals surface area contributed by atoms with Crippen LogP contribution in [0, 0.1) is 11.7 Å². The predicted molar refractivity (Wildman–Crippen MR) is 113 cm³/mol. The van der Waals surface area contributed by atoms with Crippen molar-refractivity contribution in [3.8, 4) is 0 Å². The molecule has 0 aromatic heterocycles. The molecule has 1 aliphatic carbocycles. The van der Waals surface area contributed by atoms with Crippen LogP contribution in [0.1, 0.15) is 44.9 Å². The van der Waals surface area contributed by atoms with Gasteiger partial charge in [0.05, 0.1) is 12.1 Å². The van der Waals surface area contributed by atoms with Gasteiger partial charge in [-0.25, -0.2) is 4.39 Å². The lowest BCUT2D eigenvalue weighted by Gasteiger charge is -2.40. The summed E-state index contributed by atoms with van der Waals surface area (Å²) in [4.78, 5) is 14.2. The zero-order valence-corrected chi connectivity index (χ0v) is 19.4. The highest BCUT2D eigenvalue weighted by molar-refractivity contribution is 6.74. The topological polar surface area (TPSA) is 61.8 Å². The Bertz CT molecular complexity index is 731. The monoisotopic (exact) mass is 410 g/mol. The summed E-state index contributed by atoms with van der Waals surface area (Å²) in [6.07, 6.45) is 0.0812. The third-order valence-electron chi connectivity index (χ3n) is 6.31. The minimum absolute atomic E-state index is 0.00126. The molecule has 28 heavy (non-hydrogen) atoms. The average Bonchev–Trinajstić information content (AvgIpc) is 2.90. The molecule has 0 bridgehead atoms. The molecule has 1 aliphatic rings. The number of halogens is 1. The summed E-state index contributed by atoms with van der Waals surface area (Å²) in [7, 11) is 1.52. The van der Waals surface area contributed by atoms with Crippen LogP contribution in [-0.4, -0.2) is 51.0 Å². The van der Waals surface area contributed by atoms with Gasteiger partial charge in [0.25, 0.3) is 0 Å². The van der Waals surface area contributed by atoms with E-state index >= 15 is 0 Å². The number of aliphatic hydroxyl groups is 1. The number of likely N-dealkylation sites (N-methyl/N-ethyl adjacent to an activating group) is 1. The Morgan fingerprint density at radius 3 is 2.50 bits per heavy atom. The number of benzene rings is 1. The molecule has 1 amide bonds. The van der Waals surface area contributed by atoms with E-state index in [1.165, 1.54) is 6.07 Å². The fourth-order valence-corrected chi connectivity index (χ4v) is 4.43. The zero-order valence-electron chi connectivity index (χ0n) is 18.4. The standard InChI is InChI=1S/C21H35FN2O3Si/c1-13(24(5)6)20(26)23-15-10-17-16(18(22)11-15)9-14(12-25)19(17)27-28(7,8)21(2,3)4/h10-11,13-14,19,25H,9,12H2,1-8H3,(H,23,26). The second-order valence-corrected chi connectivity index (χ2v) is 14.4. The maximum Gasteiger partial charge on any atom is 0.241 e. The number of hydrogen-bond donors (Lipinski definition) is 2. The number of fused-ring (bicyclic) bond motifs is 1. The largest absolute Gasteiger partial charge is 0.410 e. The van der Waals surface area contributed by atoms with Gasteiger partial charge < -0.3 is 14.8 Å². The molecule has 0 fully saturated rings. The van der Waals surface area contributed by atoms with Gasteiger partial charge in [-0.2, -0.15) is 0 Å². The van der Waals surface area contributed by atoms with Crippen molar-refractivity contribution in [2.45, 2.75) is 64.4 Å². The van der Waals surface area contributed by atoms with Gasteiger partial charge in [0.1, 0.15) is 5.82 Å². The summed E-state index contributed by atoms with van der Waals surface area (Å²) in [5.74, 6) is -0.724. The van der Waals surface area contributed by atoms with E-state index in [0.717, 1.165) is 5.56 Å². The maximum absolute atomic E-state index is 14.8. The van der Waals surface area contributed by atoms with Crippen LogP contribution >= 0.6 is 0 Å². The first-order valence-corrected chi connectivity index (χ1v) is 12.8. The Morgan fingerprint density at radius 1 is 1.39 bits per heavy atom. The van der Waals surface area contributed by atoms with E-state index in [2.05, 4.69) is 39.2 Å². The molecule has 0 spiro atoms. The van der Waals surface area contributed by atoms with Crippen LogP contribution in [0.5, 0.6) is 0 Å². The third kappa shape index (κ3) is 4.64. The molecule has 1 aromatic rings. The van der Waals surface area contributed by atoms with E-state index in [9.17, 15) is 14.3 Å². The van der Waals surface area contributed by atoms with Gasteiger partial charge in [-0.05, 0) is 68.8 Å². The van der Waals surface area contributed by atoms with Crippen molar-refractivity contribution < 1.29 is 18.7 Å². The Hall–Kier alpha value is -1.28. The molecule has 0 saturated carbocycles. The van der Waals surface area contributed by atoms with E-state index in [1.54, 1.807) is 11.8 Å². The number of nitrogens with one attached hydrogen (secondary N) is 1. The summed E-state index contributed by atoms with van der Waals surface area (Å²) < 4.78 is 21.4. The molecule has 0 aliphatic heterocycles. The number of amides is 1. The van der Waals surface area contributed by atoms with E-state index in [-0.39, 0.29) is 41.4 Å². The van der Waals surface area contributed by atoms with Gasteiger partial charge >= 0.3 is 0 Å². The zero-order chi connectivity index (χ0) is 21.4. The number of rotatable bonds is 6. The summed E-state index contributed by atoms with van der Waals surface area (Å²) in [5, 5.41) is 12.7. The van der Waals surface area contributed by atoms with Crippen LogP contribution < -0.4 is 5.32 Å². The van der Waals surface area contributed by atoms with Crippen LogP contribution in [0.2, 0.25) is 18.1 Å².